The van der Waals surface area contributed by atoms with E-state index >= 15 is 0 Å². The summed E-state index contributed by atoms with van der Waals surface area (Å²) in [6.07, 6.45) is 0. The minimum absolute atomic E-state index is 0.0284. The lowest BCUT2D eigenvalue weighted by Gasteiger charge is -2.15. The van der Waals surface area contributed by atoms with Gasteiger partial charge in [0.1, 0.15) is 18.2 Å². The molecule has 0 spiro atoms. The van der Waals surface area contributed by atoms with Gasteiger partial charge < -0.3 is 19.5 Å². The Morgan fingerprint density at radius 1 is 0.900 bits per heavy atom. The van der Waals surface area contributed by atoms with E-state index in [1.807, 2.05) is 49.4 Å². The molecular weight excluding hydrogens is 405 g/mol. The lowest BCUT2D eigenvalue weighted by Crippen LogP contribution is -2.13. The topological polar surface area (TPSA) is 39.7 Å². The summed E-state index contributed by atoms with van der Waals surface area (Å²) in [4.78, 5) is 0. The minimum atomic E-state index is -0.389. The number of nitrogens with one attached hydrogen (secondary N) is 1. The van der Waals surface area contributed by atoms with Crippen molar-refractivity contribution in [2.45, 2.75) is 26.6 Å². The lowest BCUT2D eigenvalue weighted by atomic mass is 10.1. The summed E-state index contributed by atoms with van der Waals surface area (Å²) in [6, 6.07) is 18.3. The third kappa shape index (κ3) is 5.88. The van der Waals surface area contributed by atoms with Crippen LogP contribution in [0.2, 0.25) is 5.02 Å². The van der Waals surface area contributed by atoms with Gasteiger partial charge in [-0.3, -0.25) is 0 Å². The SMILES string of the molecule is CCOc1cc(CNCc2ccc(OC)cc2)ccc1OCc1c(F)cccc1Cl. The van der Waals surface area contributed by atoms with Crippen LogP contribution in [0.1, 0.15) is 23.6 Å². The zero-order valence-corrected chi connectivity index (χ0v) is 17.8. The first-order valence-corrected chi connectivity index (χ1v) is 10.1. The molecule has 0 unspecified atom stereocenters. The quantitative estimate of drug-likeness (QED) is 0.445. The van der Waals surface area contributed by atoms with Gasteiger partial charge in [-0.05, 0) is 54.4 Å². The molecular formula is C24H25ClFNO3. The number of rotatable bonds is 10. The zero-order chi connectivity index (χ0) is 21.3. The summed E-state index contributed by atoms with van der Waals surface area (Å²) >= 11 is 6.08. The molecule has 0 amide bonds. The van der Waals surface area contributed by atoms with Crippen molar-refractivity contribution in [1.82, 2.24) is 5.32 Å². The van der Waals surface area contributed by atoms with Crippen LogP contribution in [0.5, 0.6) is 17.2 Å². The third-order valence-corrected chi connectivity index (χ3v) is 4.91. The monoisotopic (exact) mass is 429 g/mol. The fourth-order valence-electron chi connectivity index (χ4n) is 2.96. The van der Waals surface area contributed by atoms with E-state index in [4.69, 9.17) is 25.8 Å². The highest BCUT2D eigenvalue weighted by Crippen LogP contribution is 2.30. The predicted molar refractivity (Wildman–Crippen MR) is 117 cm³/mol. The second-order valence-corrected chi connectivity index (χ2v) is 7.06. The van der Waals surface area contributed by atoms with Crippen LogP contribution in [-0.2, 0) is 19.7 Å². The van der Waals surface area contributed by atoms with Crippen LogP contribution < -0.4 is 19.5 Å². The average Bonchev–Trinajstić information content (AvgIpc) is 2.75. The Morgan fingerprint density at radius 2 is 1.63 bits per heavy atom. The molecule has 0 saturated heterocycles. The van der Waals surface area contributed by atoms with Crippen molar-refractivity contribution in [3.05, 3.63) is 88.2 Å². The Labute approximate surface area is 181 Å². The van der Waals surface area contributed by atoms with Gasteiger partial charge in [0.2, 0.25) is 0 Å². The van der Waals surface area contributed by atoms with E-state index in [2.05, 4.69) is 5.32 Å². The van der Waals surface area contributed by atoms with E-state index in [0.29, 0.717) is 35.2 Å². The van der Waals surface area contributed by atoms with Crippen molar-refractivity contribution in [2.24, 2.45) is 0 Å². The predicted octanol–water partition coefficient (Wildman–Crippen LogP) is 5.76. The van der Waals surface area contributed by atoms with E-state index in [0.717, 1.165) is 17.9 Å². The van der Waals surface area contributed by atoms with Crippen LogP contribution in [0.3, 0.4) is 0 Å². The summed E-state index contributed by atoms with van der Waals surface area (Å²) in [5.74, 6) is 1.62. The molecule has 3 rings (SSSR count). The number of methoxy groups -OCH3 is 1. The van der Waals surface area contributed by atoms with Gasteiger partial charge in [0.15, 0.2) is 11.5 Å². The molecule has 0 aromatic heterocycles. The first kappa shape index (κ1) is 21.9. The summed E-state index contributed by atoms with van der Waals surface area (Å²) < 4.78 is 30.7. The van der Waals surface area contributed by atoms with Crippen molar-refractivity contribution < 1.29 is 18.6 Å². The highest BCUT2D eigenvalue weighted by atomic mass is 35.5. The number of ether oxygens (including phenoxy) is 3. The first-order chi connectivity index (χ1) is 14.6. The van der Waals surface area contributed by atoms with Crippen LogP contribution in [0, 0.1) is 5.82 Å². The molecule has 0 radical (unpaired) electrons. The van der Waals surface area contributed by atoms with Crippen LogP contribution in [0.15, 0.2) is 60.7 Å². The second-order valence-electron chi connectivity index (χ2n) is 6.65. The molecule has 0 saturated carbocycles. The van der Waals surface area contributed by atoms with Crippen molar-refractivity contribution >= 4 is 11.6 Å². The minimum Gasteiger partial charge on any atom is -0.497 e. The van der Waals surface area contributed by atoms with Crippen molar-refractivity contribution in [3.63, 3.8) is 0 Å². The molecule has 30 heavy (non-hydrogen) atoms. The summed E-state index contributed by atoms with van der Waals surface area (Å²) in [7, 11) is 1.65. The van der Waals surface area contributed by atoms with Crippen molar-refractivity contribution in [3.8, 4) is 17.2 Å². The molecule has 3 aromatic rings. The molecule has 0 heterocycles. The molecule has 0 atom stereocenters. The first-order valence-electron chi connectivity index (χ1n) is 9.75. The molecule has 3 aromatic carbocycles. The highest BCUT2D eigenvalue weighted by molar-refractivity contribution is 6.31. The number of hydrogen-bond donors (Lipinski definition) is 1. The van der Waals surface area contributed by atoms with E-state index < -0.39 is 0 Å². The van der Waals surface area contributed by atoms with Gasteiger partial charge in [-0.2, -0.15) is 0 Å². The summed E-state index contributed by atoms with van der Waals surface area (Å²) in [6.45, 7) is 3.84. The lowest BCUT2D eigenvalue weighted by molar-refractivity contribution is 0.265. The maximum atomic E-state index is 14.0. The fraction of sp³-hybridized carbons (Fsp3) is 0.250. The van der Waals surface area contributed by atoms with E-state index in [-0.39, 0.29) is 12.4 Å². The van der Waals surface area contributed by atoms with Crippen LogP contribution in [0.4, 0.5) is 4.39 Å². The maximum Gasteiger partial charge on any atom is 0.161 e. The van der Waals surface area contributed by atoms with Gasteiger partial charge >= 0.3 is 0 Å². The van der Waals surface area contributed by atoms with Gasteiger partial charge in [0.05, 0.1) is 18.7 Å². The molecule has 0 bridgehead atoms. The Morgan fingerprint density at radius 3 is 2.33 bits per heavy atom. The second kappa shape index (κ2) is 10.9. The average molecular weight is 430 g/mol. The highest BCUT2D eigenvalue weighted by Gasteiger charge is 2.11. The smallest absolute Gasteiger partial charge is 0.161 e. The van der Waals surface area contributed by atoms with Gasteiger partial charge in [-0.25, -0.2) is 4.39 Å². The Bertz CT molecular complexity index is 943. The molecule has 4 nitrogen and oxygen atoms in total. The van der Waals surface area contributed by atoms with Crippen LogP contribution in [0.25, 0.3) is 0 Å². The van der Waals surface area contributed by atoms with Crippen molar-refractivity contribution in [2.75, 3.05) is 13.7 Å². The molecule has 0 aliphatic carbocycles. The standard InChI is InChI=1S/C24H25ClFNO3/c1-3-29-24-13-18(15-27-14-17-7-10-19(28-2)11-8-17)9-12-23(24)30-16-20-21(25)5-4-6-22(20)26/h4-13,27H,3,14-16H2,1-2H3. The van der Waals surface area contributed by atoms with Gasteiger partial charge in [-0.15, -0.1) is 0 Å². The van der Waals surface area contributed by atoms with Crippen LogP contribution >= 0.6 is 11.6 Å². The molecule has 0 aliphatic rings. The molecule has 0 fully saturated rings. The Hall–Kier alpha value is -2.76. The van der Waals surface area contributed by atoms with Crippen molar-refractivity contribution in [1.29, 1.82) is 0 Å². The summed E-state index contributed by atoms with van der Waals surface area (Å²) in [5.41, 5.74) is 2.55. The molecule has 158 valence electrons. The van der Waals surface area contributed by atoms with E-state index in [9.17, 15) is 4.39 Å². The number of halogens is 2. The fourth-order valence-corrected chi connectivity index (χ4v) is 3.18. The molecule has 1 N–H and O–H groups in total. The molecule has 6 heteroatoms. The zero-order valence-electron chi connectivity index (χ0n) is 17.1. The van der Waals surface area contributed by atoms with E-state index in [1.165, 1.54) is 11.6 Å². The summed E-state index contributed by atoms with van der Waals surface area (Å²) in [5, 5.41) is 3.75. The number of benzene rings is 3. The normalized spacial score (nSPS) is 10.7. The van der Waals surface area contributed by atoms with Gasteiger partial charge in [0, 0.05) is 18.7 Å². The Kier molecular flexibility index (Phi) is 7.94. The third-order valence-electron chi connectivity index (χ3n) is 4.56. The number of hydrogen-bond acceptors (Lipinski definition) is 4. The Balaban J connectivity index is 1.62. The van der Waals surface area contributed by atoms with Gasteiger partial charge in [-0.1, -0.05) is 35.9 Å². The largest absolute Gasteiger partial charge is 0.497 e. The van der Waals surface area contributed by atoms with Crippen LogP contribution in [-0.4, -0.2) is 13.7 Å². The van der Waals surface area contributed by atoms with E-state index in [1.54, 1.807) is 19.2 Å². The van der Waals surface area contributed by atoms with Gasteiger partial charge in [0.25, 0.3) is 0 Å². The molecule has 0 aliphatic heterocycles. The maximum absolute atomic E-state index is 14.0.